The zero-order chi connectivity index (χ0) is 7.44. The van der Waals surface area contributed by atoms with Crippen molar-refractivity contribution in [1.82, 2.24) is 0 Å². The van der Waals surface area contributed by atoms with E-state index in [0.717, 1.165) is 0 Å². The molecule has 0 radical (unpaired) electrons. The van der Waals surface area contributed by atoms with Gasteiger partial charge in [0, 0.05) is 21.1 Å². The molecule has 0 atom stereocenters. The Kier molecular flexibility index (Phi) is 7.02. The van der Waals surface area contributed by atoms with Crippen LogP contribution in [0.25, 0.3) is 0 Å². The van der Waals surface area contributed by atoms with Gasteiger partial charge in [-0.3, -0.25) is 11.4 Å². The van der Waals surface area contributed by atoms with E-state index in [9.17, 15) is 4.79 Å². The van der Waals surface area contributed by atoms with Crippen molar-refractivity contribution in [2.45, 2.75) is 20.8 Å². The molecule has 0 saturated carbocycles. The third-order valence-electron chi connectivity index (χ3n) is 1.000. The zero-order valence-electron chi connectivity index (χ0n) is 6.47. The molecule has 0 saturated heterocycles. The Bertz CT molecular complexity index is 168. The van der Waals surface area contributed by atoms with Crippen LogP contribution in [0.3, 0.4) is 0 Å². The van der Waals surface area contributed by atoms with Crippen molar-refractivity contribution in [3.05, 3.63) is 23.8 Å². The van der Waals surface area contributed by atoms with Crippen LogP contribution in [0.15, 0.2) is 17.2 Å². The summed E-state index contributed by atoms with van der Waals surface area (Å²) in [5, 5.41) is 0. The molecule has 0 aromatic carbocycles. The van der Waals surface area contributed by atoms with Gasteiger partial charge in [0.2, 0.25) is 0 Å². The summed E-state index contributed by atoms with van der Waals surface area (Å²) in [6, 6.07) is 0. The summed E-state index contributed by atoms with van der Waals surface area (Å²) in [5.41, 5.74) is 1.37. The van der Waals surface area contributed by atoms with Crippen LogP contribution in [-0.4, -0.2) is 5.78 Å². The molecule has 0 aromatic heterocycles. The number of rotatable bonds is 2. The Morgan fingerprint density at radius 2 is 1.70 bits per heavy atom. The SMILES string of the molecule is [CH-]=C(C)/C=C(/C)C(C)=O.[W]. The van der Waals surface area contributed by atoms with E-state index in [-0.39, 0.29) is 26.8 Å². The van der Waals surface area contributed by atoms with Gasteiger partial charge in [-0.25, -0.2) is 11.6 Å². The average Bonchev–Trinajstić information content (AvgIpc) is 1.63. The minimum absolute atomic E-state index is 0. The van der Waals surface area contributed by atoms with E-state index in [1.165, 1.54) is 6.92 Å². The maximum atomic E-state index is 10.5. The van der Waals surface area contributed by atoms with Gasteiger partial charge >= 0.3 is 0 Å². The van der Waals surface area contributed by atoms with Crippen LogP contribution < -0.4 is 0 Å². The van der Waals surface area contributed by atoms with Crippen molar-refractivity contribution in [1.29, 1.82) is 0 Å². The second-order valence-electron chi connectivity index (χ2n) is 2.13. The predicted octanol–water partition coefficient (Wildman–Crippen LogP) is 1.90. The van der Waals surface area contributed by atoms with Crippen LogP contribution in [0.1, 0.15) is 20.8 Å². The van der Waals surface area contributed by atoms with Gasteiger partial charge in [0.15, 0.2) is 0 Å². The fraction of sp³-hybridized carbons (Fsp3) is 0.375. The number of Topliss-reactive ketones (excluding diaryl/α,β-unsaturated/α-hetero) is 1. The molecule has 0 spiro atoms. The fourth-order valence-corrected chi connectivity index (χ4v) is 0.443. The summed E-state index contributed by atoms with van der Waals surface area (Å²) in [5.74, 6) is 0.0693. The molecule has 0 aliphatic heterocycles. The number of carbonyl (C=O) groups is 1. The van der Waals surface area contributed by atoms with Crippen LogP contribution in [0.4, 0.5) is 0 Å². The number of hydrogen-bond acceptors (Lipinski definition) is 1. The van der Waals surface area contributed by atoms with Crippen LogP contribution in [0, 0.1) is 6.58 Å². The molecule has 56 valence electrons. The molecule has 0 heterocycles. The van der Waals surface area contributed by atoms with E-state index in [4.69, 9.17) is 6.58 Å². The molecule has 0 bridgehead atoms. The summed E-state index contributed by atoms with van der Waals surface area (Å²) in [7, 11) is 0. The first-order valence-corrected chi connectivity index (χ1v) is 2.82. The van der Waals surface area contributed by atoms with Gasteiger partial charge in [-0.2, -0.15) is 0 Å². The first-order chi connectivity index (χ1) is 4.04. The summed E-state index contributed by atoms with van der Waals surface area (Å²) in [6.45, 7) is 10.3. The Hall–Kier alpha value is -0.162. The largest absolute Gasteiger partial charge is 0.297 e. The maximum absolute atomic E-state index is 10.5. The van der Waals surface area contributed by atoms with E-state index in [1.54, 1.807) is 19.9 Å². The third-order valence-corrected chi connectivity index (χ3v) is 1.000. The Labute approximate surface area is 76.5 Å². The van der Waals surface area contributed by atoms with Gasteiger partial charge in [-0.1, -0.05) is 19.4 Å². The Morgan fingerprint density at radius 3 is 1.80 bits per heavy atom. The molecule has 0 aromatic rings. The van der Waals surface area contributed by atoms with Crippen molar-refractivity contribution < 1.29 is 25.9 Å². The monoisotopic (exact) mass is 307 g/mol. The van der Waals surface area contributed by atoms with Gasteiger partial charge in [-0.05, 0) is 6.92 Å². The third kappa shape index (κ3) is 5.97. The summed E-state index contributed by atoms with van der Waals surface area (Å²) < 4.78 is 0. The summed E-state index contributed by atoms with van der Waals surface area (Å²) in [6.07, 6.45) is 1.67. The standard InChI is InChI=1S/C8H11O.W/c1-6(2)5-7(3)8(4)9;/h1,5H,2-4H3;/q-1;/b7-5-;. The minimum atomic E-state index is 0. The molecular formula is C8H11OW-. The number of carbonyl (C=O) groups excluding carboxylic acids is 1. The van der Waals surface area contributed by atoms with E-state index >= 15 is 0 Å². The van der Waals surface area contributed by atoms with Crippen LogP contribution in [0.2, 0.25) is 0 Å². The molecule has 0 N–H and O–H groups in total. The molecule has 1 nitrogen and oxygen atoms in total. The first kappa shape index (κ1) is 12.5. The topological polar surface area (TPSA) is 17.1 Å². The van der Waals surface area contributed by atoms with Crippen molar-refractivity contribution in [3.63, 3.8) is 0 Å². The van der Waals surface area contributed by atoms with Crippen molar-refractivity contribution in [2.24, 2.45) is 0 Å². The second kappa shape index (κ2) is 5.61. The molecule has 0 amide bonds. The second-order valence-corrected chi connectivity index (χ2v) is 2.13. The smallest absolute Gasteiger partial charge is 0.137 e. The Balaban J connectivity index is 0. The molecule has 0 fully saturated rings. The summed E-state index contributed by atoms with van der Waals surface area (Å²) in [4.78, 5) is 10.5. The van der Waals surface area contributed by atoms with E-state index in [2.05, 4.69) is 0 Å². The van der Waals surface area contributed by atoms with Crippen molar-refractivity contribution in [3.8, 4) is 0 Å². The normalized spacial score (nSPS) is 10.1. The van der Waals surface area contributed by atoms with Crippen LogP contribution in [0.5, 0.6) is 0 Å². The molecule has 0 rings (SSSR count). The molecular weight excluding hydrogens is 296 g/mol. The van der Waals surface area contributed by atoms with E-state index < -0.39 is 0 Å². The van der Waals surface area contributed by atoms with Gasteiger partial charge < -0.3 is 0 Å². The minimum Gasteiger partial charge on any atom is -0.297 e. The quantitative estimate of drug-likeness (QED) is 0.433. The van der Waals surface area contributed by atoms with Gasteiger partial charge in [0.25, 0.3) is 0 Å². The summed E-state index contributed by atoms with van der Waals surface area (Å²) >= 11 is 0. The molecule has 0 unspecified atom stereocenters. The number of hydrogen-bond donors (Lipinski definition) is 0. The number of allylic oxidation sites excluding steroid dienone is 3. The molecule has 10 heavy (non-hydrogen) atoms. The molecule has 0 aliphatic carbocycles. The zero-order valence-corrected chi connectivity index (χ0v) is 9.40. The van der Waals surface area contributed by atoms with Gasteiger partial charge in [0.1, 0.15) is 5.78 Å². The molecule has 0 aliphatic rings. The van der Waals surface area contributed by atoms with Crippen molar-refractivity contribution in [2.75, 3.05) is 0 Å². The first-order valence-electron chi connectivity index (χ1n) is 2.82. The average molecular weight is 307 g/mol. The van der Waals surface area contributed by atoms with Crippen LogP contribution in [-0.2, 0) is 25.9 Å². The van der Waals surface area contributed by atoms with E-state index in [0.29, 0.717) is 11.1 Å². The molecule has 2 heteroatoms. The fourth-order valence-electron chi connectivity index (χ4n) is 0.443. The van der Waals surface area contributed by atoms with Gasteiger partial charge in [0.05, 0.1) is 0 Å². The predicted molar refractivity (Wildman–Crippen MR) is 37.9 cm³/mol. The van der Waals surface area contributed by atoms with Gasteiger partial charge in [-0.15, -0.1) is 0 Å². The Morgan fingerprint density at radius 1 is 1.30 bits per heavy atom. The number of ketones is 1. The van der Waals surface area contributed by atoms with Crippen LogP contribution >= 0.6 is 0 Å². The maximum Gasteiger partial charge on any atom is 0.137 e. The van der Waals surface area contributed by atoms with Crippen molar-refractivity contribution >= 4 is 5.78 Å². The van der Waals surface area contributed by atoms with E-state index in [1.807, 2.05) is 0 Å².